The average molecular weight is 980 g/mol. The third kappa shape index (κ3) is 56.1. The Bertz CT molecular complexity index is 1590. The maximum Gasteiger partial charge on any atom is 0.306 e. The molecule has 0 rings (SSSR count). The summed E-state index contributed by atoms with van der Waals surface area (Å²) in [6.45, 7) is 6.26. The van der Waals surface area contributed by atoms with Crippen LogP contribution in [0.4, 0.5) is 0 Å². The second-order valence-corrected chi connectivity index (χ2v) is 18.1. The highest BCUT2D eigenvalue weighted by atomic mass is 16.6. The van der Waals surface area contributed by atoms with Gasteiger partial charge in [0.25, 0.3) is 0 Å². The highest BCUT2D eigenvalue weighted by Gasteiger charge is 2.19. The molecule has 0 amide bonds. The number of ether oxygens (including phenoxy) is 3. The molecule has 0 spiro atoms. The number of esters is 3. The van der Waals surface area contributed by atoms with Crippen LogP contribution in [0.3, 0.4) is 0 Å². The Hall–Kier alpha value is -4.71. The number of unbranched alkanes of at least 4 members (excludes halogenated alkanes) is 14. The number of carbonyl (C=O) groups is 3. The lowest BCUT2D eigenvalue weighted by molar-refractivity contribution is -0.167. The summed E-state index contributed by atoms with van der Waals surface area (Å²) in [5, 5.41) is 0. The van der Waals surface area contributed by atoms with Gasteiger partial charge in [0.2, 0.25) is 0 Å². The molecule has 0 aliphatic heterocycles. The molecule has 6 heteroatoms. The molecule has 0 aromatic rings. The summed E-state index contributed by atoms with van der Waals surface area (Å²) < 4.78 is 16.6. The van der Waals surface area contributed by atoms with E-state index in [1.165, 1.54) is 32.1 Å². The largest absolute Gasteiger partial charge is 0.462 e. The van der Waals surface area contributed by atoms with Crippen LogP contribution in [-0.2, 0) is 28.6 Å². The summed E-state index contributed by atoms with van der Waals surface area (Å²) in [6, 6.07) is 0. The van der Waals surface area contributed by atoms with Crippen LogP contribution in [0.2, 0.25) is 0 Å². The highest BCUT2D eigenvalue weighted by Crippen LogP contribution is 2.13. The van der Waals surface area contributed by atoms with E-state index in [2.05, 4.69) is 167 Å². The normalized spacial score (nSPS) is 13.2. The molecule has 0 heterocycles. The molecule has 0 aromatic carbocycles. The van der Waals surface area contributed by atoms with Gasteiger partial charge in [-0.2, -0.15) is 0 Å². The maximum absolute atomic E-state index is 12.7. The van der Waals surface area contributed by atoms with Gasteiger partial charge in [-0.25, -0.2) is 0 Å². The predicted octanol–water partition coefficient (Wildman–Crippen LogP) is 19.2. The molecule has 0 bridgehead atoms. The number of hydrogen-bond acceptors (Lipinski definition) is 6. The lowest BCUT2D eigenvalue weighted by atomic mass is 10.1. The van der Waals surface area contributed by atoms with Crippen molar-refractivity contribution in [3.63, 3.8) is 0 Å². The molecule has 6 nitrogen and oxygen atoms in total. The SMILES string of the molecule is CC/C=C\C/C=C\C/C=C\C/C=C\C/C=C\C/C=C\C/C=C\C/C=C\CCCCCCCCCCC(=O)OCC(COC(=O)CCCCCCC)OC(=O)CCCC/C=C\C/C=C\C/C=C\C/C=C\CC. The van der Waals surface area contributed by atoms with Gasteiger partial charge in [-0.1, -0.05) is 231 Å². The van der Waals surface area contributed by atoms with Crippen molar-refractivity contribution in [2.45, 2.75) is 232 Å². The molecular weight excluding hydrogens is 877 g/mol. The molecule has 1 atom stereocenters. The van der Waals surface area contributed by atoms with E-state index in [-0.39, 0.29) is 37.5 Å². The van der Waals surface area contributed by atoms with E-state index in [0.717, 1.165) is 148 Å². The minimum Gasteiger partial charge on any atom is -0.462 e. The van der Waals surface area contributed by atoms with Crippen molar-refractivity contribution in [1.29, 1.82) is 0 Å². The van der Waals surface area contributed by atoms with E-state index >= 15 is 0 Å². The second kappa shape index (κ2) is 57.9. The van der Waals surface area contributed by atoms with Crippen LogP contribution in [-0.4, -0.2) is 37.2 Å². The lowest BCUT2D eigenvalue weighted by Crippen LogP contribution is -2.30. The Kier molecular flexibility index (Phi) is 54.0. The topological polar surface area (TPSA) is 78.9 Å². The van der Waals surface area contributed by atoms with Crippen LogP contribution in [0.5, 0.6) is 0 Å². The summed E-state index contributed by atoms with van der Waals surface area (Å²) in [5.41, 5.74) is 0. The summed E-state index contributed by atoms with van der Waals surface area (Å²) in [7, 11) is 0. The Morgan fingerprint density at radius 3 is 0.887 bits per heavy atom. The standard InChI is InChI=1S/C65H102O6/c1-4-7-10-13-15-17-19-21-23-24-25-26-27-28-29-30-31-32-33-34-35-36-37-38-39-40-42-43-45-47-49-52-55-58-64(67)70-61-62(60-69-63(66)57-54-51-12-9-6-3)71-65(68)59-56-53-50-48-46-44-41-22-20-18-16-14-11-8-5-2/h7-8,10-11,15-18,21-23,25-26,28-29,31-32,34-35,37-38,41,46,48,62H,4-6,9,12-14,19-20,24,27,30,33,36,39-40,42-45,47,49-61H2,1-3H3/b10-7-,11-8-,17-15-,18-16-,23-21-,26-25-,29-28-,32-31-,35-34-,38-37-,41-22-,48-46-. The zero-order chi connectivity index (χ0) is 51.4. The lowest BCUT2D eigenvalue weighted by Gasteiger charge is -2.18. The number of allylic oxidation sites excluding steroid dienone is 24. The molecule has 0 aliphatic carbocycles. The van der Waals surface area contributed by atoms with Crippen molar-refractivity contribution >= 4 is 17.9 Å². The molecule has 0 radical (unpaired) electrons. The van der Waals surface area contributed by atoms with Gasteiger partial charge in [0.15, 0.2) is 6.10 Å². The summed E-state index contributed by atoms with van der Waals surface area (Å²) in [5.74, 6) is -0.976. The number of hydrogen-bond donors (Lipinski definition) is 0. The van der Waals surface area contributed by atoms with Crippen molar-refractivity contribution in [1.82, 2.24) is 0 Å². The fraction of sp³-hybridized carbons (Fsp3) is 0.585. The van der Waals surface area contributed by atoms with Crippen LogP contribution < -0.4 is 0 Å². The van der Waals surface area contributed by atoms with E-state index in [0.29, 0.717) is 19.3 Å². The number of carbonyl (C=O) groups excluding carboxylic acids is 3. The van der Waals surface area contributed by atoms with Gasteiger partial charge in [-0.15, -0.1) is 0 Å². The Morgan fingerprint density at radius 1 is 0.296 bits per heavy atom. The first-order valence-electron chi connectivity index (χ1n) is 28.3. The fourth-order valence-corrected chi connectivity index (χ4v) is 7.15. The van der Waals surface area contributed by atoms with Gasteiger partial charge in [-0.05, 0) is 122 Å². The van der Waals surface area contributed by atoms with Gasteiger partial charge in [-0.3, -0.25) is 14.4 Å². The van der Waals surface area contributed by atoms with Crippen molar-refractivity contribution < 1.29 is 28.6 Å². The van der Waals surface area contributed by atoms with Gasteiger partial charge >= 0.3 is 17.9 Å². The van der Waals surface area contributed by atoms with Crippen LogP contribution >= 0.6 is 0 Å². The summed E-state index contributed by atoms with van der Waals surface area (Å²) >= 11 is 0. The third-order valence-electron chi connectivity index (χ3n) is 11.3. The average Bonchev–Trinajstić information content (AvgIpc) is 3.37. The van der Waals surface area contributed by atoms with E-state index in [1.807, 2.05) is 0 Å². The zero-order valence-electron chi connectivity index (χ0n) is 45.4. The predicted molar refractivity (Wildman–Crippen MR) is 306 cm³/mol. The first-order chi connectivity index (χ1) is 35.0. The highest BCUT2D eigenvalue weighted by molar-refractivity contribution is 5.71. The third-order valence-corrected chi connectivity index (χ3v) is 11.3. The Morgan fingerprint density at radius 2 is 0.549 bits per heavy atom. The zero-order valence-corrected chi connectivity index (χ0v) is 45.4. The van der Waals surface area contributed by atoms with E-state index in [1.54, 1.807) is 0 Å². The van der Waals surface area contributed by atoms with Crippen molar-refractivity contribution in [3.8, 4) is 0 Å². The van der Waals surface area contributed by atoms with Crippen LogP contribution in [0, 0.1) is 0 Å². The van der Waals surface area contributed by atoms with Crippen molar-refractivity contribution in [2.75, 3.05) is 13.2 Å². The van der Waals surface area contributed by atoms with Crippen LogP contribution in [0.15, 0.2) is 146 Å². The quantitative estimate of drug-likeness (QED) is 0.0262. The fourth-order valence-electron chi connectivity index (χ4n) is 7.15. The Labute approximate surface area is 436 Å². The van der Waals surface area contributed by atoms with E-state index < -0.39 is 6.10 Å². The first-order valence-corrected chi connectivity index (χ1v) is 28.3. The molecular formula is C65H102O6. The molecule has 0 fully saturated rings. The monoisotopic (exact) mass is 979 g/mol. The molecule has 398 valence electrons. The van der Waals surface area contributed by atoms with Crippen molar-refractivity contribution in [2.24, 2.45) is 0 Å². The summed E-state index contributed by atoms with van der Waals surface area (Å²) in [6.07, 6.45) is 83.2. The minimum atomic E-state index is -0.804. The molecule has 0 saturated heterocycles. The van der Waals surface area contributed by atoms with Gasteiger partial charge < -0.3 is 14.2 Å². The Balaban J connectivity index is 4.13. The molecule has 71 heavy (non-hydrogen) atoms. The van der Waals surface area contributed by atoms with Crippen molar-refractivity contribution in [3.05, 3.63) is 146 Å². The second-order valence-electron chi connectivity index (χ2n) is 18.1. The van der Waals surface area contributed by atoms with Crippen LogP contribution in [0.1, 0.15) is 226 Å². The van der Waals surface area contributed by atoms with Gasteiger partial charge in [0.05, 0.1) is 0 Å². The van der Waals surface area contributed by atoms with Gasteiger partial charge in [0.1, 0.15) is 13.2 Å². The van der Waals surface area contributed by atoms with E-state index in [9.17, 15) is 14.4 Å². The minimum absolute atomic E-state index is 0.102. The van der Waals surface area contributed by atoms with Gasteiger partial charge in [0, 0.05) is 19.3 Å². The molecule has 1 unspecified atom stereocenters. The molecule has 0 aromatic heterocycles. The first kappa shape index (κ1) is 66.3. The van der Waals surface area contributed by atoms with E-state index in [4.69, 9.17) is 14.2 Å². The number of rotatable bonds is 49. The van der Waals surface area contributed by atoms with Crippen LogP contribution in [0.25, 0.3) is 0 Å². The molecule has 0 N–H and O–H groups in total. The smallest absolute Gasteiger partial charge is 0.306 e. The molecule has 0 aliphatic rings. The maximum atomic E-state index is 12.7. The summed E-state index contributed by atoms with van der Waals surface area (Å²) in [4.78, 5) is 37.7. The molecule has 0 saturated carbocycles.